The first-order valence-electron chi connectivity index (χ1n) is 6.22. The van der Waals surface area contributed by atoms with Crippen molar-refractivity contribution in [2.75, 3.05) is 18.0 Å². The van der Waals surface area contributed by atoms with E-state index in [1.54, 1.807) is 0 Å². The van der Waals surface area contributed by atoms with Gasteiger partial charge in [0.1, 0.15) is 10.8 Å². The summed E-state index contributed by atoms with van der Waals surface area (Å²) < 4.78 is 0. The van der Waals surface area contributed by atoms with Crippen molar-refractivity contribution in [2.45, 2.75) is 26.2 Å². The van der Waals surface area contributed by atoms with Gasteiger partial charge in [-0.3, -0.25) is 0 Å². The van der Waals surface area contributed by atoms with Crippen molar-refractivity contribution in [3.8, 4) is 0 Å². The normalized spacial score (nSPS) is 19.6. The van der Waals surface area contributed by atoms with Crippen LogP contribution in [0.3, 0.4) is 0 Å². The second-order valence-corrected chi connectivity index (χ2v) is 5.07. The van der Waals surface area contributed by atoms with Crippen molar-refractivity contribution in [1.29, 1.82) is 0 Å². The molecule has 1 aliphatic heterocycles. The highest BCUT2D eigenvalue weighted by Crippen LogP contribution is 2.25. The van der Waals surface area contributed by atoms with E-state index in [1.807, 2.05) is 18.2 Å². The van der Waals surface area contributed by atoms with Gasteiger partial charge in [-0.25, -0.2) is 4.98 Å². The molecule has 0 radical (unpaired) electrons. The Balaban J connectivity index is 2.08. The minimum Gasteiger partial charge on any atom is -0.388 e. The first-order chi connectivity index (χ1) is 8.20. The molecule has 2 rings (SSSR count). The Hall–Kier alpha value is -1.16. The smallest absolute Gasteiger partial charge is 0.129 e. The Kier molecular flexibility index (Phi) is 3.94. The third-order valence-corrected chi connectivity index (χ3v) is 3.50. The molecule has 0 amide bonds. The Morgan fingerprint density at radius 3 is 3.12 bits per heavy atom. The molecule has 3 nitrogen and oxygen atoms in total. The van der Waals surface area contributed by atoms with E-state index in [9.17, 15) is 0 Å². The second kappa shape index (κ2) is 5.45. The molecule has 1 aliphatic rings. The summed E-state index contributed by atoms with van der Waals surface area (Å²) in [6, 6.07) is 5.88. The van der Waals surface area contributed by atoms with E-state index in [4.69, 9.17) is 18.0 Å². The first-order valence-corrected chi connectivity index (χ1v) is 6.63. The molecular formula is C13H19N3S. The minimum atomic E-state index is 0.371. The zero-order chi connectivity index (χ0) is 12.3. The zero-order valence-electron chi connectivity index (χ0n) is 10.2. The number of nitrogens with two attached hydrogens (primary N) is 1. The van der Waals surface area contributed by atoms with Crippen molar-refractivity contribution in [2.24, 2.45) is 11.7 Å². The van der Waals surface area contributed by atoms with E-state index in [-0.39, 0.29) is 0 Å². The Morgan fingerprint density at radius 1 is 1.59 bits per heavy atom. The molecule has 17 heavy (non-hydrogen) atoms. The standard InChI is InChI=1S/C13H19N3S/c1-2-4-10-7-8-16(9-10)12-6-3-5-11(15-12)13(14)17/h3,5-6,10H,2,4,7-9H2,1H3,(H2,14,17). The van der Waals surface area contributed by atoms with Crippen molar-refractivity contribution < 1.29 is 0 Å². The predicted octanol–water partition coefficient (Wildman–Crippen LogP) is 2.34. The van der Waals surface area contributed by atoms with Gasteiger partial charge >= 0.3 is 0 Å². The lowest BCUT2D eigenvalue weighted by Crippen LogP contribution is -2.22. The van der Waals surface area contributed by atoms with Gasteiger partial charge in [0.05, 0.1) is 5.69 Å². The molecule has 1 atom stereocenters. The summed E-state index contributed by atoms with van der Waals surface area (Å²) in [7, 11) is 0. The molecule has 2 N–H and O–H groups in total. The van der Waals surface area contributed by atoms with E-state index < -0.39 is 0 Å². The molecule has 1 aromatic rings. The van der Waals surface area contributed by atoms with Crippen LogP contribution in [0.5, 0.6) is 0 Å². The van der Waals surface area contributed by atoms with Gasteiger partial charge in [-0.1, -0.05) is 31.6 Å². The molecule has 2 heterocycles. The molecule has 1 fully saturated rings. The monoisotopic (exact) mass is 249 g/mol. The van der Waals surface area contributed by atoms with Gasteiger partial charge in [0.25, 0.3) is 0 Å². The fourth-order valence-electron chi connectivity index (χ4n) is 2.42. The highest BCUT2D eigenvalue weighted by Gasteiger charge is 2.22. The Labute approximate surface area is 108 Å². The molecule has 1 saturated heterocycles. The first kappa shape index (κ1) is 12.3. The van der Waals surface area contributed by atoms with Crippen molar-refractivity contribution in [1.82, 2.24) is 4.98 Å². The molecule has 0 aliphatic carbocycles. The summed E-state index contributed by atoms with van der Waals surface area (Å²) in [5, 5.41) is 0. The van der Waals surface area contributed by atoms with Crippen molar-refractivity contribution >= 4 is 23.0 Å². The summed E-state index contributed by atoms with van der Waals surface area (Å²) in [5.41, 5.74) is 6.33. The minimum absolute atomic E-state index is 0.371. The largest absolute Gasteiger partial charge is 0.388 e. The highest BCUT2D eigenvalue weighted by atomic mass is 32.1. The number of aromatic nitrogens is 1. The quantitative estimate of drug-likeness (QED) is 0.832. The topological polar surface area (TPSA) is 42.1 Å². The number of pyridine rings is 1. The van der Waals surface area contributed by atoms with Crippen LogP contribution in [-0.2, 0) is 0 Å². The van der Waals surface area contributed by atoms with Crippen LogP contribution in [-0.4, -0.2) is 23.1 Å². The van der Waals surface area contributed by atoms with Gasteiger partial charge < -0.3 is 10.6 Å². The van der Waals surface area contributed by atoms with E-state index in [0.29, 0.717) is 4.99 Å². The van der Waals surface area contributed by atoms with Gasteiger partial charge in [-0.2, -0.15) is 0 Å². The Morgan fingerprint density at radius 2 is 2.41 bits per heavy atom. The van der Waals surface area contributed by atoms with Crippen molar-refractivity contribution in [3.05, 3.63) is 23.9 Å². The molecule has 1 aromatic heterocycles. The van der Waals surface area contributed by atoms with Crippen LogP contribution in [0.15, 0.2) is 18.2 Å². The highest BCUT2D eigenvalue weighted by molar-refractivity contribution is 7.80. The van der Waals surface area contributed by atoms with E-state index in [2.05, 4.69) is 16.8 Å². The fourth-order valence-corrected chi connectivity index (χ4v) is 2.53. The van der Waals surface area contributed by atoms with Crippen LogP contribution in [0.25, 0.3) is 0 Å². The Bertz CT molecular complexity index is 405. The number of nitrogens with zero attached hydrogens (tertiary/aromatic N) is 2. The van der Waals surface area contributed by atoms with Crippen LogP contribution in [0, 0.1) is 5.92 Å². The average molecular weight is 249 g/mol. The van der Waals surface area contributed by atoms with Gasteiger partial charge in [0.15, 0.2) is 0 Å². The lowest BCUT2D eigenvalue weighted by Gasteiger charge is -2.18. The van der Waals surface area contributed by atoms with Crippen molar-refractivity contribution in [3.63, 3.8) is 0 Å². The van der Waals surface area contributed by atoms with Gasteiger partial charge in [-0.05, 0) is 30.9 Å². The van der Waals surface area contributed by atoms with Gasteiger partial charge in [0.2, 0.25) is 0 Å². The number of thiocarbonyl (C=S) groups is 1. The molecule has 1 unspecified atom stereocenters. The number of anilines is 1. The summed E-state index contributed by atoms with van der Waals surface area (Å²) in [6.45, 7) is 4.45. The third kappa shape index (κ3) is 2.94. The van der Waals surface area contributed by atoms with Crippen LogP contribution >= 0.6 is 12.2 Å². The van der Waals surface area contributed by atoms with Gasteiger partial charge in [-0.15, -0.1) is 0 Å². The number of hydrogen-bond donors (Lipinski definition) is 1. The van der Waals surface area contributed by atoms with Crippen LogP contribution in [0.1, 0.15) is 31.9 Å². The van der Waals surface area contributed by atoms with Crippen LogP contribution < -0.4 is 10.6 Å². The zero-order valence-corrected chi connectivity index (χ0v) is 11.0. The van der Waals surface area contributed by atoms with E-state index in [1.165, 1.54) is 19.3 Å². The van der Waals surface area contributed by atoms with Crippen LogP contribution in [0.2, 0.25) is 0 Å². The molecule has 4 heteroatoms. The molecule has 92 valence electrons. The maximum Gasteiger partial charge on any atom is 0.129 e. The maximum atomic E-state index is 5.61. The molecule has 0 aromatic carbocycles. The number of rotatable bonds is 4. The summed E-state index contributed by atoms with van der Waals surface area (Å²) >= 11 is 4.96. The molecule has 0 saturated carbocycles. The second-order valence-electron chi connectivity index (χ2n) is 4.63. The average Bonchev–Trinajstić information content (AvgIpc) is 2.78. The molecular weight excluding hydrogens is 230 g/mol. The number of hydrogen-bond acceptors (Lipinski definition) is 3. The molecule has 0 spiro atoms. The summed E-state index contributed by atoms with van der Waals surface area (Å²) in [6.07, 6.45) is 3.84. The van der Waals surface area contributed by atoms with E-state index >= 15 is 0 Å². The van der Waals surface area contributed by atoms with E-state index in [0.717, 1.165) is 30.5 Å². The van der Waals surface area contributed by atoms with Crippen LogP contribution in [0.4, 0.5) is 5.82 Å². The predicted molar refractivity (Wildman–Crippen MR) is 75.4 cm³/mol. The SMILES string of the molecule is CCCC1CCN(c2cccc(C(N)=S)n2)C1. The van der Waals surface area contributed by atoms with Gasteiger partial charge in [0, 0.05) is 13.1 Å². The lowest BCUT2D eigenvalue weighted by atomic mass is 10.0. The summed E-state index contributed by atoms with van der Waals surface area (Å²) in [4.78, 5) is 7.22. The fraction of sp³-hybridized carbons (Fsp3) is 0.538. The maximum absolute atomic E-state index is 5.61. The summed E-state index contributed by atoms with van der Waals surface area (Å²) in [5.74, 6) is 1.82. The lowest BCUT2D eigenvalue weighted by molar-refractivity contribution is 0.529. The molecule has 0 bridgehead atoms. The third-order valence-electron chi connectivity index (χ3n) is 3.29.